The summed E-state index contributed by atoms with van der Waals surface area (Å²) in [6.07, 6.45) is 0.934. The normalized spacial score (nSPS) is 25.1. The minimum absolute atomic E-state index is 0.00729. The zero-order valence-corrected chi connectivity index (χ0v) is 23.4. The van der Waals surface area contributed by atoms with Crippen molar-refractivity contribution in [2.24, 2.45) is 23.7 Å². The Labute approximate surface area is 225 Å². The van der Waals surface area contributed by atoms with Gasteiger partial charge in [-0.3, -0.25) is 19.3 Å². The molecule has 3 fully saturated rings. The van der Waals surface area contributed by atoms with Crippen molar-refractivity contribution in [1.82, 2.24) is 25.6 Å². The fraction of sp³-hybridized carbons (Fsp3) is 0.643. The zero-order chi connectivity index (χ0) is 27.7. The van der Waals surface area contributed by atoms with Gasteiger partial charge in [0, 0.05) is 30.7 Å². The van der Waals surface area contributed by atoms with Gasteiger partial charge in [-0.05, 0) is 56.6 Å². The molecular formula is C28H42N6O4. The Morgan fingerprint density at radius 2 is 1.82 bits per heavy atom. The van der Waals surface area contributed by atoms with Crippen LogP contribution in [0.4, 0.5) is 10.5 Å². The summed E-state index contributed by atoms with van der Waals surface area (Å²) in [5.74, 6) is -0.403. The Balaban J connectivity index is 1.52. The first-order valence-corrected chi connectivity index (χ1v) is 13.8. The molecule has 0 bridgehead atoms. The lowest BCUT2D eigenvalue weighted by molar-refractivity contribution is -0.159. The Morgan fingerprint density at radius 1 is 1.08 bits per heavy atom. The molecule has 1 saturated carbocycles. The van der Waals surface area contributed by atoms with E-state index < -0.39 is 12.3 Å². The molecule has 2 heterocycles. The number of hydrazine groups is 1. The molecule has 4 unspecified atom stereocenters. The summed E-state index contributed by atoms with van der Waals surface area (Å²) in [7, 11) is 0. The SMILES string of the molecule is Cc1ccc(NC(=O)CN2NC3N(CC(C)C)C(=O)C4CCC(C(=O)NCC(C)C)CC4N3C2=O)c(C)c1. The minimum Gasteiger partial charge on any atom is -0.356 e. The van der Waals surface area contributed by atoms with E-state index in [1.54, 1.807) is 9.80 Å². The lowest BCUT2D eigenvalue weighted by Gasteiger charge is -2.50. The van der Waals surface area contributed by atoms with Crippen molar-refractivity contribution in [3.05, 3.63) is 29.3 Å². The first-order chi connectivity index (χ1) is 18.0. The topological polar surface area (TPSA) is 114 Å². The van der Waals surface area contributed by atoms with Gasteiger partial charge in [-0.1, -0.05) is 45.4 Å². The van der Waals surface area contributed by atoms with E-state index in [1.807, 2.05) is 59.7 Å². The second-order valence-electron chi connectivity index (χ2n) is 11.9. The highest BCUT2D eigenvalue weighted by Gasteiger charge is 2.56. The van der Waals surface area contributed by atoms with Gasteiger partial charge >= 0.3 is 6.03 Å². The van der Waals surface area contributed by atoms with Gasteiger partial charge in [-0.25, -0.2) is 9.80 Å². The third-order valence-corrected chi connectivity index (χ3v) is 7.63. The van der Waals surface area contributed by atoms with E-state index in [2.05, 4.69) is 16.1 Å². The molecule has 3 N–H and O–H groups in total. The van der Waals surface area contributed by atoms with Crippen LogP contribution in [-0.4, -0.2) is 70.5 Å². The number of aryl methyl sites for hydroxylation is 2. The van der Waals surface area contributed by atoms with Gasteiger partial charge < -0.3 is 15.5 Å². The summed E-state index contributed by atoms with van der Waals surface area (Å²) in [5.41, 5.74) is 5.88. The molecule has 10 nitrogen and oxygen atoms in total. The molecule has 1 aromatic rings. The van der Waals surface area contributed by atoms with Crippen LogP contribution in [0, 0.1) is 37.5 Å². The largest absolute Gasteiger partial charge is 0.356 e. The lowest BCUT2D eigenvalue weighted by Crippen LogP contribution is -2.67. The fourth-order valence-corrected chi connectivity index (χ4v) is 5.79. The zero-order valence-electron chi connectivity index (χ0n) is 23.4. The maximum atomic E-state index is 13.7. The van der Waals surface area contributed by atoms with E-state index >= 15 is 0 Å². The number of carbonyl (C=O) groups excluding carboxylic acids is 4. The molecule has 1 aromatic carbocycles. The van der Waals surface area contributed by atoms with Crippen LogP contribution in [0.15, 0.2) is 18.2 Å². The molecule has 1 aliphatic carbocycles. The molecule has 2 aliphatic heterocycles. The minimum atomic E-state index is -0.676. The summed E-state index contributed by atoms with van der Waals surface area (Å²) >= 11 is 0. The molecule has 4 rings (SSSR count). The maximum Gasteiger partial charge on any atom is 0.337 e. The van der Waals surface area contributed by atoms with E-state index in [-0.39, 0.29) is 48.1 Å². The molecule has 38 heavy (non-hydrogen) atoms. The number of anilines is 1. The highest BCUT2D eigenvalue weighted by atomic mass is 16.2. The van der Waals surface area contributed by atoms with Crippen molar-refractivity contribution < 1.29 is 19.2 Å². The van der Waals surface area contributed by atoms with Crippen LogP contribution in [0.1, 0.15) is 58.1 Å². The Kier molecular flexibility index (Phi) is 8.30. The molecule has 3 aliphatic rings. The van der Waals surface area contributed by atoms with Crippen LogP contribution in [0.2, 0.25) is 0 Å². The van der Waals surface area contributed by atoms with Crippen LogP contribution >= 0.6 is 0 Å². The summed E-state index contributed by atoms with van der Waals surface area (Å²) < 4.78 is 0. The number of rotatable bonds is 8. The van der Waals surface area contributed by atoms with Crippen LogP contribution < -0.4 is 16.1 Å². The first kappa shape index (κ1) is 27.9. The highest BCUT2D eigenvalue weighted by Crippen LogP contribution is 2.40. The first-order valence-electron chi connectivity index (χ1n) is 13.8. The number of benzene rings is 1. The molecular weight excluding hydrogens is 484 g/mol. The number of amides is 5. The highest BCUT2D eigenvalue weighted by molar-refractivity contribution is 5.95. The Hall–Kier alpha value is -3.14. The summed E-state index contributed by atoms with van der Waals surface area (Å²) in [6, 6.07) is 5.03. The third kappa shape index (κ3) is 5.80. The third-order valence-electron chi connectivity index (χ3n) is 7.63. The molecule has 2 saturated heterocycles. The van der Waals surface area contributed by atoms with Crippen LogP contribution in [0.25, 0.3) is 0 Å². The Morgan fingerprint density at radius 3 is 2.47 bits per heavy atom. The maximum absolute atomic E-state index is 13.7. The van der Waals surface area contributed by atoms with Gasteiger partial charge in [0.15, 0.2) is 6.29 Å². The summed E-state index contributed by atoms with van der Waals surface area (Å²) in [4.78, 5) is 56.6. The van der Waals surface area contributed by atoms with Crippen molar-refractivity contribution in [2.45, 2.75) is 73.1 Å². The summed E-state index contributed by atoms with van der Waals surface area (Å²) in [6.45, 7) is 13.0. The van der Waals surface area contributed by atoms with Gasteiger partial charge in [0.2, 0.25) is 17.7 Å². The monoisotopic (exact) mass is 526 g/mol. The molecule has 0 spiro atoms. The van der Waals surface area contributed by atoms with E-state index in [0.29, 0.717) is 44.0 Å². The molecule has 0 aromatic heterocycles. The predicted molar refractivity (Wildman–Crippen MR) is 144 cm³/mol. The molecule has 5 amide bonds. The van der Waals surface area contributed by atoms with Crippen LogP contribution in [0.5, 0.6) is 0 Å². The second kappa shape index (κ2) is 11.3. The van der Waals surface area contributed by atoms with Gasteiger partial charge in [0.1, 0.15) is 6.54 Å². The van der Waals surface area contributed by atoms with E-state index in [4.69, 9.17) is 0 Å². The van der Waals surface area contributed by atoms with Crippen molar-refractivity contribution in [2.75, 3.05) is 25.0 Å². The lowest BCUT2D eigenvalue weighted by atomic mass is 9.75. The predicted octanol–water partition coefficient (Wildman–Crippen LogP) is 2.82. The van der Waals surface area contributed by atoms with Crippen molar-refractivity contribution in [3.8, 4) is 0 Å². The van der Waals surface area contributed by atoms with E-state index in [1.165, 1.54) is 5.01 Å². The number of hydrogen-bond acceptors (Lipinski definition) is 5. The number of fused-ring (bicyclic) bond motifs is 3. The van der Waals surface area contributed by atoms with Gasteiger partial charge in [-0.2, -0.15) is 5.43 Å². The molecule has 4 atom stereocenters. The Bertz CT molecular complexity index is 1090. The average Bonchev–Trinajstić information content (AvgIpc) is 3.17. The number of urea groups is 1. The quantitative estimate of drug-likeness (QED) is 0.482. The number of nitrogens with zero attached hydrogens (tertiary/aromatic N) is 3. The number of carbonyl (C=O) groups is 4. The van der Waals surface area contributed by atoms with Crippen molar-refractivity contribution >= 4 is 29.4 Å². The van der Waals surface area contributed by atoms with Crippen LogP contribution in [0.3, 0.4) is 0 Å². The van der Waals surface area contributed by atoms with Crippen molar-refractivity contribution in [3.63, 3.8) is 0 Å². The fourth-order valence-electron chi connectivity index (χ4n) is 5.79. The van der Waals surface area contributed by atoms with Crippen LogP contribution in [-0.2, 0) is 14.4 Å². The molecule has 0 radical (unpaired) electrons. The smallest absolute Gasteiger partial charge is 0.337 e. The second-order valence-corrected chi connectivity index (χ2v) is 11.9. The van der Waals surface area contributed by atoms with Crippen molar-refractivity contribution in [1.29, 1.82) is 0 Å². The van der Waals surface area contributed by atoms with E-state index in [9.17, 15) is 19.2 Å². The van der Waals surface area contributed by atoms with Gasteiger partial charge in [0.05, 0.1) is 5.92 Å². The number of hydrogen-bond donors (Lipinski definition) is 3. The molecule has 10 heteroatoms. The van der Waals surface area contributed by atoms with Gasteiger partial charge in [-0.15, -0.1) is 0 Å². The van der Waals surface area contributed by atoms with E-state index in [0.717, 1.165) is 11.1 Å². The molecule has 208 valence electrons. The van der Waals surface area contributed by atoms with Gasteiger partial charge in [0.25, 0.3) is 0 Å². The number of nitrogens with one attached hydrogen (secondary N) is 3. The summed E-state index contributed by atoms with van der Waals surface area (Å²) in [5, 5.41) is 7.21. The standard InChI is InChI=1S/C28H42N6O4/c1-16(2)13-29-25(36)20-8-9-21-23(12-20)34-27(32(26(21)37)14-17(3)4)31-33(28(34)38)15-24(35)30-22-10-7-18(5)11-19(22)6/h7,10-11,16-17,20-21,23,27,31H,8-9,12-15H2,1-6H3,(H,29,36)(H,30,35). The average molecular weight is 527 g/mol.